The van der Waals surface area contributed by atoms with E-state index in [0.29, 0.717) is 22.0 Å². The van der Waals surface area contributed by atoms with Crippen molar-refractivity contribution in [3.8, 4) is 0 Å². The molecule has 1 aromatic heterocycles. The fraction of sp³-hybridized carbons (Fsp3) is 0.182. The lowest BCUT2D eigenvalue weighted by Gasteiger charge is -2.05. The molecule has 0 aliphatic carbocycles. The van der Waals surface area contributed by atoms with Gasteiger partial charge in [0.2, 0.25) is 0 Å². The number of aromatic amines is 2. The second kappa shape index (κ2) is 4.36. The van der Waals surface area contributed by atoms with Crippen molar-refractivity contribution in [2.24, 2.45) is 0 Å². The smallest absolute Gasteiger partial charge is 0.267 e. The summed E-state index contributed by atoms with van der Waals surface area (Å²) in [6.45, 7) is 1.83. The first-order valence-corrected chi connectivity index (χ1v) is 5.54. The van der Waals surface area contributed by atoms with E-state index in [4.69, 9.17) is 23.2 Å². The molecule has 0 saturated heterocycles. The van der Waals surface area contributed by atoms with Crippen LogP contribution in [-0.2, 0) is 6.42 Å². The van der Waals surface area contributed by atoms with E-state index in [9.17, 15) is 4.79 Å². The Morgan fingerprint density at radius 3 is 2.25 bits per heavy atom. The van der Waals surface area contributed by atoms with Gasteiger partial charge >= 0.3 is 0 Å². The van der Waals surface area contributed by atoms with Crippen LogP contribution in [0.4, 0.5) is 0 Å². The molecule has 0 aliphatic heterocycles. The summed E-state index contributed by atoms with van der Waals surface area (Å²) in [5.74, 6) is 0. The van der Waals surface area contributed by atoms with Gasteiger partial charge in [0, 0.05) is 27.7 Å². The van der Waals surface area contributed by atoms with Crippen LogP contribution < -0.4 is 5.56 Å². The van der Waals surface area contributed by atoms with Crippen molar-refractivity contribution in [2.75, 3.05) is 0 Å². The molecule has 1 aromatic carbocycles. The third-order valence-corrected chi connectivity index (χ3v) is 3.21. The van der Waals surface area contributed by atoms with Crippen LogP contribution in [0.1, 0.15) is 16.8 Å². The third kappa shape index (κ3) is 2.01. The van der Waals surface area contributed by atoms with Crippen LogP contribution in [0, 0.1) is 6.92 Å². The number of H-pyrrole nitrogens is 2. The molecule has 5 heteroatoms. The van der Waals surface area contributed by atoms with Crippen molar-refractivity contribution < 1.29 is 0 Å². The van der Waals surface area contributed by atoms with Crippen LogP contribution in [0.15, 0.2) is 23.0 Å². The molecule has 0 atom stereocenters. The topological polar surface area (TPSA) is 48.6 Å². The molecule has 2 N–H and O–H groups in total. The molecular weight excluding hydrogens is 247 g/mol. The van der Waals surface area contributed by atoms with E-state index in [-0.39, 0.29) is 5.56 Å². The molecule has 1 heterocycles. The van der Waals surface area contributed by atoms with Crippen molar-refractivity contribution in [2.45, 2.75) is 13.3 Å². The lowest BCUT2D eigenvalue weighted by molar-refractivity contribution is 1.02. The maximum Gasteiger partial charge on any atom is 0.267 e. The number of aryl methyl sites for hydroxylation is 1. The Kier molecular flexibility index (Phi) is 3.08. The first-order valence-electron chi connectivity index (χ1n) is 4.78. The standard InChI is InChI=1S/C11H10Cl2N2O/c1-6-7(11(16)15-14-6)5-8-9(12)3-2-4-10(8)13/h2-4H,5H2,1H3,(H2,14,15,16). The molecule has 0 fully saturated rings. The molecule has 0 bridgehead atoms. The van der Waals surface area contributed by atoms with Gasteiger partial charge in [-0.05, 0) is 24.6 Å². The fourth-order valence-corrected chi connectivity index (χ4v) is 2.09. The summed E-state index contributed by atoms with van der Waals surface area (Å²) in [4.78, 5) is 11.5. The van der Waals surface area contributed by atoms with Gasteiger partial charge in [-0.3, -0.25) is 9.89 Å². The van der Waals surface area contributed by atoms with E-state index < -0.39 is 0 Å². The van der Waals surface area contributed by atoms with Gasteiger partial charge < -0.3 is 5.10 Å². The largest absolute Gasteiger partial charge is 0.302 e. The zero-order valence-corrected chi connectivity index (χ0v) is 10.1. The lowest BCUT2D eigenvalue weighted by atomic mass is 10.1. The van der Waals surface area contributed by atoms with E-state index in [1.54, 1.807) is 18.2 Å². The van der Waals surface area contributed by atoms with Crippen LogP contribution in [0.2, 0.25) is 10.0 Å². The maximum atomic E-state index is 11.5. The lowest BCUT2D eigenvalue weighted by Crippen LogP contribution is -2.07. The monoisotopic (exact) mass is 256 g/mol. The Morgan fingerprint density at radius 2 is 1.75 bits per heavy atom. The van der Waals surface area contributed by atoms with E-state index >= 15 is 0 Å². The highest BCUT2D eigenvalue weighted by Crippen LogP contribution is 2.26. The van der Waals surface area contributed by atoms with E-state index in [2.05, 4.69) is 10.2 Å². The van der Waals surface area contributed by atoms with Crippen LogP contribution in [0.5, 0.6) is 0 Å². The molecule has 0 unspecified atom stereocenters. The molecule has 2 rings (SSSR count). The zero-order chi connectivity index (χ0) is 11.7. The molecule has 0 amide bonds. The number of hydrogen-bond acceptors (Lipinski definition) is 1. The minimum absolute atomic E-state index is 0.131. The van der Waals surface area contributed by atoms with Gasteiger partial charge in [0.15, 0.2) is 0 Å². The summed E-state index contributed by atoms with van der Waals surface area (Å²) in [7, 11) is 0. The molecule has 84 valence electrons. The zero-order valence-electron chi connectivity index (χ0n) is 8.60. The molecule has 0 spiro atoms. The maximum absolute atomic E-state index is 11.5. The quantitative estimate of drug-likeness (QED) is 0.853. The van der Waals surface area contributed by atoms with Crippen molar-refractivity contribution in [3.63, 3.8) is 0 Å². The highest BCUT2D eigenvalue weighted by Gasteiger charge is 2.11. The predicted molar refractivity (Wildman–Crippen MR) is 65.4 cm³/mol. The summed E-state index contributed by atoms with van der Waals surface area (Å²) in [5, 5.41) is 6.45. The van der Waals surface area contributed by atoms with Gasteiger partial charge in [0.25, 0.3) is 5.56 Å². The fourth-order valence-electron chi connectivity index (χ4n) is 1.56. The second-order valence-corrected chi connectivity index (χ2v) is 4.37. The average molecular weight is 257 g/mol. The summed E-state index contributed by atoms with van der Waals surface area (Å²) < 4.78 is 0. The van der Waals surface area contributed by atoms with Crippen LogP contribution in [0.3, 0.4) is 0 Å². The molecule has 3 nitrogen and oxygen atoms in total. The van der Waals surface area contributed by atoms with Crippen molar-refractivity contribution in [1.29, 1.82) is 0 Å². The minimum Gasteiger partial charge on any atom is -0.302 e. The minimum atomic E-state index is -0.131. The number of rotatable bonds is 2. The molecule has 16 heavy (non-hydrogen) atoms. The Labute approximate surface area is 102 Å². The summed E-state index contributed by atoms with van der Waals surface area (Å²) in [6.07, 6.45) is 0.434. The first kappa shape index (κ1) is 11.3. The van der Waals surface area contributed by atoms with Gasteiger partial charge in [-0.15, -0.1) is 0 Å². The molecule has 0 radical (unpaired) electrons. The van der Waals surface area contributed by atoms with E-state index in [1.807, 2.05) is 6.92 Å². The number of halogens is 2. The number of benzene rings is 1. The molecule has 0 saturated carbocycles. The molecule has 0 aliphatic rings. The average Bonchev–Trinajstić information content (AvgIpc) is 2.54. The summed E-state index contributed by atoms with van der Waals surface area (Å²) >= 11 is 12.1. The van der Waals surface area contributed by atoms with Crippen molar-refractivity contribution in [3.05, 3.63) is 55.4 Å². The number of hydrogen-bond donors (Lipinski definition) is 2. The van der Waals surface area contributed by atoms with Crippen molar-refractivity contribution >= 4 is 23.2 Å². The normalized spacial score (nSPS) is 10.7. The van der Waals surface area contributed by atoms with Gasteiger partial charge in [0.05, 0.1) is 0 Å². The Bertz CT molecular complexity index is 551. The Hall–Kier alpha value is -1.19. The van der Waals surface area contributed by atoms with E-state index in [0.717, 1.165) is 11.3 Å². The predicted octanol–water partition coefficient (Wildman–Crippen LogP) is 2.91. The second-order valence-electron chi connectivity index (χ2n) is 3.56. The highest BCUT2D eigenvalue weighted by atomic mass is 35.5. The Morgan fingerprint density at radius 1 is 1.12 bits per heavy atom. The number of aromatic nitrogens is 2. The summed E-state index contributed by atoms with van der Waals surface area (Å²) in [6, 6.07) is 5.31. The van der Waals surface area contributed by atoms with E-state index in [1.165, 1.54) is 0 Å². The third-order valence-electron chi connectivity index (χ3n) is 2.51. The molecular formula is C11H10Cl2N2O. The summed E-state index contributed by atoms with van der Waals surface area (Å²) in [5.41, 5.74) is 2.11. The Balaban J connectivity index is 2.45. The number of nitrogens with one attached hydrogen (secondary N) is 2. The van der Waals surface area contributed by atoms with Crippen LogP contribution in [-0.4, -0.2) is 10.2 Å². The van der Waals surface area contributed by atoms with Gasteiger partial charge in [-0.1, -0.05) is 29.3 Å². The van der Waals surface area contributed by atoms with Gasteiger partial charge in [0.1, 0.15) is 0 Å². The first-order chi connectivity index (χ1) is 7.59. The highest BCUT2D eigenvalue weighted by molar-refractivity contribution is 6.36. The van der Waals surface area contributed by atoms with Crippen LogP contribution >= 0.6 is 23.2 Å². The molecule has 2 aromatic rings. The van der Waals surface area contributed by atoms with Crippen molar-refractivity contribution in [1.82, 2.24) is 10.2 Å². The van der Waals surface area contributed by atoms with Gasteiger partial charge in [-0.2, -0.15) is 0 Å². The SMILES string of the molecule is Cc1[nH][nH]c(=O)c1Cc1c(Cl)cccc1Cl. The van der Waals surface area contributed by atoms with Gasteiger partial charge in [-0.25, -0.2) is 0 Å². The van der Waals surface area contributed by atoms with Crippen LogP contribution in [0.25, 0.3) is 0 Å².